The van der Waals surface area contributed by atoms with Crippen LogP contribution in [-0.4, -0.2) is 34.2 Å². The second-order valence-electron chi connectivity index (χ2n) is 4.12. The first-order chi connectivity index (χ1) is 9.25. The molecule has 1 aromatic rings. The Morgan fingerprint density at radius 1 is 1.45 bits per heavy atom. The Labute approximate surface area is 120 Å². The summed E-state index contributed by atoms with van der Waals surface area (Å²) in [6.45, 7) is 0. The van der Waals surface area contributed by atoms with Gasteiger partial charge in [0.15, 0.2) is 5.13 Å². The molecular formula is C10H8ClF3N2O3S. The van der Waals surface area contributed by atoms with Crippen molar-refractivity contribution in [3.8, 4) is 0 Å². The lowest BCUT2D eigenvalue weighted by Crippen LogP contribution is -2.42. The zero-order valence-corrected chi connectivity index (χ0v) is 11.3. The molecule has 0 spiro atoms. The van der Waals surface area contributed by atoms with Gasteiger partial charge in [-0.1, -0.05) is 11.3 Å². The number of halogens is 4. The molecule has 0 unspecified atom stereocenters. The van der Waals surface area contributed by atoms with E-state index in [9.17, 15) is 22.8 Å². The molecule has 0 aromatic carbocycles. The molecule has 0 bridgehead atoms. The number of aromatic carboxylic acids is 1. The maximum atomic E-state index is 12.6. The number of carboxylic acids is 1. The first kappa shape index (κ1) is 15.0. The van der Waals surface area contributed by atoms with Crippen LogP contribution in [0.25, 0.3) is 0 Å². The normalized spacial score (nSPS) is 15.2. The van der Waals surface area contributed by atoms with Crippen molar-refractivity contribution in [2.24, 2.45) is 0 Å². The number of amides is 1. The summed E-state index contributed by atoms with van der Waals surface area (Å²) in [5.74, 6) is -3.62. The zero-order valence-electron chi connectivity index (χ0n) is 9.78. The molecule has 5 nitrogen and oxygen atoms in total. The molecule has 20 heavy (non-hydrogen) atoms. The summed E-state index contributed by atoms with van der Waals surface area (Å²) < 4.78 is 37.7. The average Bonchev–Trinajstić information content (AvgIpc) is 3.06. The third kappa shape index (κ3) is 2.88. The standard InChI is InChI=1S/C10H8ClF3N2O3S/c11-3-5-6(7(17)18)20-9(15-5)16(4-1-2-4)8(19)10(12,13)14/h4H,1-3H2,(H,17,18). The molecule has 1 aliphatic carbocycles. The Bertz CT molecular complexity index is 556. The number of thiazole rings is 1. The molecule has 1 N–H and O–H groups in total. The lowest BCUT2D eigenvalue weighted by Gasteiger charge is -2.20. The first-order valence-corrected chi connectivity index (χ1v) is 6.80. The van der Waals surface area contributed by atoms with E-state index in [2.05, 4.69) is 4.98 Å². The van der Waals surface area contributed by atoms with Gasteiger partial charge in [-0.15, -0.1) is 11.6 Å². The molecule has 10 heteroatoms. The quantitative estimate of drug-likeness (QED) is 0.863. The van der Waals surface area contributed by atoms with E-state index in [1.807, 2.05) is 0 Å². The van der Waals surface area contributed by atoms with Crippen molar-refractivity contribution >= 4 is 39.9 Å². The molecule has 1 heterocycles. The highest BCUT2D eigenvalue weighted by atomic mass is 35.5. The minimum atomic E-state index is -5.03. The second-order valence-corrected chi connectivity index (χ2v) is 5.36. The minimum absolute atomic E-state index is 0.0419. The number of carboxylic acid groups (broad SMARTS) is 1. The summed E-state index contributed by atoms with van der Waals surface area (Å²) in [6, 6.07) is -0.583. The average molecular weight is 329 g/mol. The molecule has 0 atom stereocenters. The van der Waals surface area contributed by atoms with Crippen molar-refractivity contribution in [3.05, 3.63) is 10.6 Å². The predicted octanol–water partition coefficient (Wildman–Crippen LogP) is 2.64. The van der Waals surface area contributed by atoms with Crippen LogP contribution in [0, 0.1) is 0 Å². The highest BCUT2D eigenvalue weighted by Gasteiger charge is 2.49. The maximum absolute atomic E-state index is 12.6. The largest absolute Gasteiger partial charge is 0.477 e. The molecule has 1 fully saturated rings. The number of anilines is 1. The van der Waals surface area contributed by atoms with Gasteiger partial charge in [-0.2, -0.15) is 13.2 Å². The van der Waals surface area contributed by atoms with Crippen molar-refractivity contribution in [2.75, 3.05) is 4.90 Å². The Morgan fingerprint density at radius 2 is 2.05 bits per heavy atom. The van der Waals surface area contributed by atoms with E-state index in [4.69, 9.17) is 16.7 Å². The monoisotopic (exact) mass is 328 g/mol. The van der Waals surface area contributed by atoms with Crippen LogP contribution < -0.4 is 4.90 Å². The maximum Gasteiger partial charge on any atom is 0.471 e. The zero-order chi connectivity index (χ0) is 15.1. The third-order valence-electron chi connectivity index (χ3n) is 2.59. The topological polar surface area (TPSA) is 70.5 Å². The van der Waals surface area contributed by atoms with Crippen molar-refractivity contribution in [1.29, 1.82) is 0 Å². The fourth-order valence-corrected chi connectivity index (χ4v) is 2.84. The molecular weight excluding hydrogens is 321 g/mol. The molecule has 2 rings (SSSR count). The number of aromatic nitrogens is 1. The van der Waals surface area contributed by atoms with Crippen LogP contribution in [0.1, 0.15) is 28.2 Å². The van der Waals surface area contributed by atoms with Gasteiger partial charge in [-0.25, -0.2) is 9.78 Å². The molecule has 0 saturated heterocycles. The predicted molar refractivity (Wildman–Crippen MR) is 65.2 cm³/mol. The number of carbonyl (C=O) groups is 2. The van der Waals surface area contributed by atoms with Gasteiger partial charge in [0.2, 0.25) is 0 Å². The van der Waals surface area contributed by atoms with Gasteiger partial charge in [0.25, 0.3) is 0 Å². The Balaban J connectivity index is 2.40. The van der Waals surface area contributed by atoms with Gasteiger partial charge in [-0.05, 0) is 12.8 Å². The van der Waals surface area contributed by atoms with Crippen molar-refractivity contribution < 1.29 is 27.9 Å². The summed E-state index contributed by atoms with van der Waals surface area (Å²) in [4.78, 5) is 26.4. The highest BCUT2D eigenvalue weighted by molar-refractivity contribution is 7.17. The van der Waals surface area contributed by atoms with Gasteiger partial charge in [-0.3, -0.25) is 9.69 Å². The Morgan fingerprint density at radius 3 is 2.40 bits per heavy atom. The van der Waals surface area contributed by atoms with Crippen LogP contribution in [-0.2, 0) is 10.7 Å². The first-order valence-electron chi connectivity index (χ1n) is 5.45. The van der Waals surface area contributed by atoms with E-state index >= 15 is 0 Å². The summed E-state index contributed by atoms with van der Waals surface area (Å²) in [5.41, 5.74) is -0.0419. The van der Waals surface area contributed by atoms with Crippen LogP contribution in [0.4, 0.5) is 18.3 Å². The third-order valence-corrected chi connectivity index (χ3v) is 3.92. The Hall–Kier alpha value is -1.35. The number of hydrogen-bond acceptors (Lipinski definition) is 4. The minimum Gasteiger partial charge on any atom is -0.477 e. The Kier molecular flexibility index (Phi) is 3.92. The van der Waals surface area contributed by atoms with Gasteiger partial charge >= 0.3 is 18.1 Å². The number of rotatable bonds is 4. The van der Waals surface area contributed by atoms with Crippen LogP contribution in [0.15, 0.2) is 0 Å². The van der Waals surface area contributed by atoms with Gasteiger partial charge in [0.05, 0.1) is 11.6 Å². The summed E-state index contributed by atoms with van der Waals surface area (Å²) in [6.07, 6.45) is -4.17. The highest BCUT2D eigenvalue weighted by Crippen LogP contribution is 2.38. The molecule has 1 saturated carbocycles. The number of nitrogens with zero attached hydrogens (tertiary/aromatic N) is 2. The SMILES string of the molecule is O=C(O)c1sc(N(C(=O)C(F)(F)F)C2CC2)nc1CCl. The molecule has 110 valence electrons. The van der Waals surface area contributed by atoms with E-state index < -0.39 is 24.1 Å². The van der Waals surface area contributed by atoms with E-state index in [0.29, 0.717) is 29.1 Å². The van der Waals surface area contributed by atoms with Gasteiger partial charge in [0, 0.05) is 6.04 Å². The summed E-state index contributed by atoms with van der Waals surface area (Å²) >= 11 is 6.04. The smallest absolute Gasteiger partial charge is 0.471 e. The van der Waals surface area contributed by atoms with Crippen molar-refractivity contribution in [3.63, 3.8) is 0 Å². The van der Waals surface area contributed by atoms with Crippen molar-refractivity contribution in [1.82, 2.24) is 4.98 Å². The van der Waals surface area contributed by atoms with E-state index in [-0.39, 0.29) is 21.6 Å². The molecule has 0 aliphatic heterocycles. The summed E-state index contributed by atoms with van der Waals surface area (Å²) in [7, 11) is 0. The number of alkyl halides is 4. The van der Waals surface area contributed by atoms with Gasteiger partial charge < -0.3 is 5.11 Å². The van der Waals surface area contributed by atoms with E-state index in [0.717, 1.165) is 0 Å². The lowest BCUT2D eigenvalue weighted by atomic mass is 10.4. The number of carbonyl (C=O) groups excluding carboxylic acids is 1. The van der Waals surface area contributed by atoms with Crippen LogP contribution in [0.3, 0.4) is 0 Å². The number of hydrogen-bond donors (Lipinski definition) is 1. The molecule has 1 aromatic heterocycles. The lowest BCUT2D eigenvalue weighted by molar-refractivity contribution is -0.170. The second kappa shape index (κ2) is 5.21. The fourth-order valence-electron chi connectivity index (χ4n) is 1.58. The molecule has 0 radical (unpaired) electrons. The van der Waals surface area contributed by atoms with Crippen LogP contribution >= 0.6 is 22.9 Å². The van der Waals surface area contributed by atoms with Crippen molar-refractivity contribution in [2.45, 2.75) is 30.9 Å². The van der Waals surface area contributed by atoms with E-state index in [1.165, 1.54) is 0 Å². The van der Waals surface area contributed by atoms with E-state index in [1.54, 1.807) is 0 Å². The van der Waals surface area contributed by atoms with Crippen LogP contribution in [0.5, 0.6) is 0 Å². The van der Waals surface area contributed by atoms with Gasteiger partial charge in [0.1, 0.15) is 4.88 Å². The van der Waals surface area contributed by atoms with Crippen LogP contribution in [0.2, 0.25) is 0 Å². The molecule has 1 amide bonds. The fraction of sp³-hybridized carbons (Fsp3) is 0.500. The molecule has 1 aliphatic rings. The summed E-state index contributed by atoms with van der Waals surface area (Å²) in [5, 5.41) is 8.66.